The predicted molar refractivity (Wildman–Crippen MR) is 75.9 cm³/mol. The van der Waals surface area contributed by atoms with Crippen LogP contribution >= 0.6 is 0 Å². The molecule has 1 saturated heterocycles. The van der Waals surface area contributed by atoms with Gasteiger partial charge < -0.3 is 16.0 Å². The first-order valence-electron chi connectivity index (χ1n) is 6.93. The highest BCUT2D eigenvalue weighted by molar-refractivity contribution is 5.73. The molecule has 0 spiro atoms. The van der Waals surface area contributed by atoms with E-state index in [9.17, 15) is 9.18 Å². The van der Waals surface area contributed by atoms with Gasteiger partial charge in [-0.05, 0) is 17.7 Å². The van der Waals surface area contributed by atoms with Gasteiger partial charge in [0.25, 0.3) is 0 Å². The number of piperazine rings is 1. The van der Waals surface area contributed by atoms with Gasteiger partial charge in [-0.2, -0.15) is 0 Å². The lowest BCUT2D eigenvalue weighted by molar-refractivity contribution is 0.226. The second kappa shape index (κ2) is 7.81. The minimum atomic E-state index is -0.289. The summed E-state index contributed by atoms with van der Waals surface area (Å²) >= 11 is 0. The predicted octanol–water partition coefficient (Wildman–Crippen LogP) is 0.530. The second-order valence-corrected chi connectivity index (χ2v) is 4.83. The summed E-state index contributed by atoms with van der Waals surface area (Å²) in [6, 6.07) is 6.00. The molecule has 0 aliphatic carbocycles. The van der Waals surface area contributed by atoms with Crippen molar-refractivity contribution in [2.75, 3.05) is 39.3 Å². The molecule has 3 N–H and O–H groups in total. The van der Waals surface area contributed by atoms with Crippen LogP contribution in [-0.4, -0.2) is 50.2 Å². The van der Waals surface area contributed by atoms with E-state index < -0.39 is 0 Å². The maximum atomic E-state index is 13.0. The molecule has 110 valence electrons. The molecule has 0 atom stereocenters. The van der Waals surface area contributed by atoms with Gasteiger partial charge >= 0.3 is 6.03 Å². The summed E-state index contributed by atoms with van der Waals surface area (Å²) in [5, 5.41) is 8.81. The average molecular weight is 280 g/mol. The lowest BCUT2D eigenvalue weighted by atomic mass is 10.2. The number of carbonyl (C=O) groups excluding carboxylic acids is 1. The van der Waals surface area contributed by atoms with Crippen LogP contribution in [0, 0.1) is 5.82 Å². The van der Waals surface area contributed by atoms with Gasteiger partial charge in [-0.25, -0.2) is 9.18 Å². The summed E-state index contributed by atoms with van der Waals surface area (Å²) < 4.78 is 13.0. The van der Waals surface area contributed by atoms with Crippen molar-refractivity contribution in [1.29, 1.82) is 0 Å². The Labute approximate surface area is 118 Å². The molecule has 20 heavy (non-hydrogen) atoms. The highest BCUT2D eigenvalue weighted by Gasteiger charge is 2.09. The SMILES string of the molecule is O=C(NCCN1CCNCC1)NCc1cccc(F)c1. The van der Waals surface area contributed by atoms with E-state index in [1.165, 1.54) is 12.1 Å². The van der Waals surface area contributed by atoms with Crippen LogP contribution in [0.3, 0.4) is 0 Å². The van der Waals surface area contributed by atoms with Crippen molar-refractivity contribution in [3.63, 3.8) is 0 Å². The minimum Gasteiger partial charge on any atom is -0.337 e. The zero-order valence-electron chi connectivity index (χ0n) is 11.5. The number of nitrogens with one attached hydrogen (secondary N) is 3. The maximum Gasteiger partial charge on any atom is 0.315 e. The standard InChI is InChI=1S/C14H21FN4O/c15-13-3-1-2-12(10-13)11-18-14(20)17-6-9-19-7-4-16-5-8-19/h1-3,10,16H,4-9,11H2,(H2,17,18,20). The van der Waals surface area contributed by atoms with Gasteiger partial charge in [0.15, 0.2) is 0 Å². The molecule has 2 rings (SSSR count). The number of urea groups is 1. The average Bonchev–Trinajstić information content (AvgIpc) is 2.46. The zero-order valence-corrected chi connectivity index (χ0v) is 11.5. The Kier molecular flexibility index (Phi) is 5.76. The number of rotatable bonds is 5. The number of halogens is 1. The third-order valence-corrected chi connectivity index (χ3v) is 3.27. The third kappa shape index (κ3) is 5.14. The number of benzene rings is 1. The van der Waals surface area contributed by atoms with Gasteiger partial charge in [-0.1, -0.05) is 12.1 Å². The Hall–Kier alpha value is -1.66. The second-order valence-electron chi connectivity index (χ2n) is 4.83. The van der Waals surface area contributed by atoms with Gasteiger partial charge in [-0.3, -0.25) is 4.90 Å². The first kappa shape index (κ1) is 14.7. The number of nitrogens with zero attached hydrogens (tertiary/aromatic N) is 1. The lowest BCUT2D eigenvalue weighted by Gasteiger charge is -2.27. The smallest absolute Gasteiger partial charge is 0.315 e. The number of carbonyl (C=O) groups is 1. The van der Waals surface area contributed by atoms with E-state index in [-0.39, 0.29) is 11.8 Å². The van der Waals surface area contributed by atoms with Crippen LogP contribution in [0.15, 0.2) is 24.3 Å². The first-order chi connectivity index (χ1) is 9.74. The quantitative estimate of drug-likeness (QED) is 0.737. The van der Waals surface area contributed by atoms with Crippen molar-refractivity contribution in [3.8, 4) is 0 Å². The van der Waals surface area contributed by atoms with Crippen molar-refractivity contribution in [2.24, 2.45) is 0 Å². The summed E-state index contributed by atoms with van der Waals surface area (Å²) in [6.07, 6.45) is 0. The summed E-state index contributed by atoms with van der Waals surface area (Å²) in [5.74, 6) is -0.289. The Morgan fingerprint density at radius 3 is 2.85 bits per heavy atom. The van der Waals surface area contributed by atoms with E-state index in [2.05, 4.69) is 20.9 Å². The van der Waals surface area contributed by atoms with E-state index in [1.54, 1.807) is 12.1 Å². The fraction of sp³-hybridized carbons (Fsp3) is 0.500. The van der Waals surface area contributed by atoms with E-state index in [1.807, 2.05) is 0 Å². The van der Waals surface area contributed by atoms with Crippen LogP contribution in [-0.2, 0) is 6.54 Å². The van der Waals surface area contributed by atoms with Crippen LogP contribution in [0.5, 0.6) is 0 Å². The molecule has 1 aromatic carbocycles. The molecule has 0 bridgehead atoms. The molecule has 5 nitrogen and oxygen atoms in total. The van der Waals surface area contributed by atoms with Gasteiger partial charge in [0.05, 0.1) is 0 Å². The molecule has 2 amide bonds. The third-order valence-electron chi connectivity index (χ3n) is 3.27. The summed E-state index contributed by atoms with van der Waals surface area (Å²) in [6.45, 7) is 5.86. The molecule has 1 aliphatic rings. The van der Waals surface area contributed by atoms with Crippen LogP contribution < -0.4 is 16.0 Å². The van der Waals surface area contributed by atoms with Gasteiger partial charge in [-0.15, -0.1) is 0 Å². The zero-order chi connectivity index (χ0) is 14.2. The Morgan fingerprint density at radius 1 is 1.30 bits per heavy atom. The largest absolute Gasteiger partial charge is 0.337 e. The van der Waals surface area contributed by atoms with Crippen LogP contribution in [0.25, 0.3) is 0 Å². The Bertz CT molecular complexity index is 435. The highest BCUT2D eigenvalue weighted by Crippen LogP contribution is 2.02. The Balaban J connectivity index is 1.60. The molecule has 0 saturated carbocycles. The number of hydrogen-bond donors (Lipinski definition) is 3. The monoisotopic (exact) mass is 280 g/mol. The van der Waals surface area contributed by atoms with E-state index in [0.29, 0.717) is 13.1 Å². The molecule has 0 aromatic heterocycles. The molecule has 0 unspecified atom stereocenters. The van der Waals surface area contributed by atoms with Crippen molar-refractivity contribution in [1.82, 2.24) is 20.9 Å². The van der Waals surface area contributed by atoms with E-state index >= 15 is 0 Å². The normalized spacial score (nSPS) is 15.8. The fourth-order valence-electron chi connectivity index (χ4n) is 2.15. The Morgan fingerprint density at radius 2 is 2.10 bits per heavy atom. The summed E-state index contributed by atoms with van der Waals surface area (Å²) in [5.41, 5.74) is 0.752. The fourth-order valence-corrected chi connectivity index (χ4v) is 2.15. The van der Waals surface area contributed by atoms with Crippen LogP contribution in [0.1, 0.15) is 5.56 Å². The molecule has 0 radical (unpaired) electrons. The van der Waals surface area contributed by atoms with Crippen LogP contribution in [0.2, 0.25) is 0 Å². The van der Waals surface area contributed by atoms with Crippen molar-refractivity contribution in [3.05, 3.63) is 35.6 Å². The molecule has 1 fully saturated rings. The summed E-state index contributed by atoms with van der Waals surface area (Å²) in [4.78, 5) is 13.9. The first-order valence-corrected chi connectivity index (χ1v) is 6.93. The van der Waals surface area contributed by atoms with Crippen molar-refractivity contribution >= 4 is 6.03 Å². The molecule has 1 aliphatic heterocycles. The van der Waals surface area contributed by atoms with E-state index in [0.717, 1.165) is 38.3 Å². The van der Waals surface area contributed by atoms with Gasteiger partial charge in [0, 0.05) is 45.8 Å². The number of hydrogen-bond acceptors (Lipinski definition) is 3. The molecule has 1 aromatic rings. The molecular formula is C14H21FN4O. The van der Waals surface area contributed by atoms with Crippen molar-refractivity contribution in [2.45, 2.75) is 6.54 Å². The molecule has 1 heterocycles. The van der Waals surface area contributed by atoms with Crippen LogP contribution in [0.4, 0.5) is 9.18 Å². The van der Waals surface area contributed by atoms with E-state index in [4.69, 9.17) is 0 Å². The highest BCUT2D eigenvalue weighted by atomic mass is 19.1. The number of amides is 2. The van der Waals surface area contributed by atoms with Gasteiger partial charge in [0.2, 0.25) is 0 Å². The topological polar surface area (TPSA) is 56.4 Å². The maximum absolute atomic E-state index is 13.0. The summed E-state index contributed by atoms with van der Waals surface area (Å²) in [7, 11) is 0. The minimum absolute atomic E-state index is 0.218. The molecule has 6 heteroatoms. The van der Waals surface area contributed by atoms with Gasteiger partial charge in [0.1, 0.15) is 5.82 Å². The lowest BCUT2D eigenvalue weighted by Crippen LogP contribution is -2.47. The molecular weight excluding hydrogens is 259 g/mol. The van der Waals surface area contributed by atoms with Crippen molar-refractivity contribution < 1.29 is 9.18 Å².